The molecule has 0 fully saturated rings. The number of anilines is 1. The predicted molar refractivity (Wildman–Crippen MR) is 98.1 cm³/mol. The average molecular weight is 385 g/mol. The van der Waals surface area contributed by atoms with E-state index in [1.165, 1.54) is 28.6 Å². The van der Waals surface area contributed by atoms with Gasteiger partial charge in [0, 0.05) is 18.4 Å². The number of hydrogen-bond acceptors (Lipinski definition) is 6. The summed E-state index contributed by atoms with van der Waals surface area (Å²) in [7, 11) is 1.68. The fourth-order valence-electron chi connectivity index (χ4n) is 2.62. The highest BCUT2D eigenvalue weighted by Crippen LogP contribution is 2.30. The van der Waals surface area contributed by atoms with Gasteiger partial charge < -0.3 is 5.32 Å². The van der Waals surface area contributed by atoms with Gasteiger partial charge in [0.25, 0.3) is 0 Å². The molecule has 0 saturated heterocycles. The molecule has 1 N–H and O–H groups in total. The standard InChI is InChI=1S/C17H16FN7OS/c1-10-11(2)25(13-6-4-12(18)5-7-13)16(14(10)8-19)20-15(26)9-27-17-21-22-23-24(17)3/h4-7H,9H2,1-3H3,(H,20,26). The van der Waals surface area contributed by atoms with E-state index in [-0.39, 0.29) is 17.5 Å². The van der Waals surface area contributed by atoms with E-state index in [9.17, 15) is 14.4 Å². The van der Waals surface area contributed by atoms with Crippen molar-refractivity contribution in [2.45, 2.75) is 19.0 Å². The van der Waals surface area contributed by atoms with Crippen molar-refractivity contribution in [2.24, 2.45) is 7.05 Å². The molecule has 0 bridgehead atoms. The van der Waals surface area contributed by atoms with Crippen LogP contribution in [0.1, 0.15) is 16.8 Å². The number of carbonyl (C=O) groups is 1. The summed E-state index contributed by atoms with van der Waals surface area (Å²) in [6.07, 6.45) is 0. The van der Waals surface area contributed by atoms with Gasteiger partial charge in [-0.25, -0.2) is 9.07 Å². The van der Waals surface area contributed by atoms with E-state index in [0.29, 0.717) is 22.2 Å². The third-order valence-electron chi connectivity index (χ3n) is 4.08. The lowest BCUT2D eigenvalue weighted by Crippen LogP contribution is -2.18. The van der Waals surface area contributed by atoms with Crippen LogP contribution in [0, 0.1) is 31.0 Å². The number of benzene rings is 1. The minimum Gasteiger partial charge on any atom is -0.310 e. The molecule has 1 aromatic carbocycles. The van der Waals surface area contributed by atoms with E-state index in [0.717, 1.165) is 11.3 Å². The van der Waals surface area contributed by atoms with Crippen LogP contribution in [-0.4, -0.2) is 36.4 Å². The molecule has 8 nitrogen and oxygen atoms in total. The molecule has 0 atom stereocenters. The highest BCUT2D eigenvalue weighted by Gasteiger charge is 2.21. The first kappa shape index (κ1) is 18.6. The van der Waals surface area contributed by atoms with E-state index in [1.54, 1.807) is 23.7 Å². The van der Waals surface area contributed by atoms with Crippen molar-refractivity contribution >= 4 is 23.5 Å². The van der Waals surface area contributed by atoms with E-state index in [4.69, 9.17) is 0 Å². The Hall–Kier alpha value is -3.19. The Bertz CT molecular complexity index is 1030. The molecular weight excluding hydrogens is 369 g/mol. The highest BCUT2D eigenvalue weighted by atomic mass is 32.2. The Labute approximate surface area is 159 Å². The van der Waals surface area contributed by atoms with Gasteiger partial charge in [0.2, 0.25) is 11.1 Å². The van der Waals surface area contributed by atoms with Gasteiger partial charge in [-0.1, -0.05) is 11.8 Å². The van der Waals surface area contributed by atoms with Crippen LogP contribution in [0.2, 0.25) is 0 Å². The smallest absolute Gasteiger partial charge is 0.236 e. The minimum absolute atomic E-state index is 0.0752. The number of carbonyl (C=O) groups excluding carboxylic acids is 1. The van der Waals surface area contributed by atoms with Gasteiger partial charge in [0.05, 0.1) is 11.3 Å². The first-order chi connectivity index (χ1) is 12.9. The average Bonchev–Trinajstić information content (AvgIpc) is 3.15. The Morgan fingerprint density at radius 3 is 2.63 bits per heavy atom. The Kier molecular flexibility index (Phi) is 5.23. The molecule has 0 radical (unpaired) electrons. The third kappa shape index (κ3) is 3.68. The van der Waals surface area contributed by atoms with E-state index in [2.05, 4.69) is 26.9 Å². The second-order valence-electron chi connectivity index (χ2n) is 5.78. The molecule has 2 aromatic heterocycles. The van der Waals surface area contributed by atoms with Crippen LogP contribution in [0.4, 0.5) is 10.2 Å². The number of aromatic nitrogens is 5. The Morgan fingerprint density at radius 2 is 2.04 bits per heavy atom. The quantitative estimate of drug-likeness (QED) is 0.677. The lowest BCUT2D eigenvalue weighted by atomic mass is 10.2. The molecule has 0 unspecified atom stereocenters. The third-order valence-corrected chi connectivity index (χ3v) is 5.09. The molecule has 138 valence electrons. The molecule has 1 amide bonds. The van der Waals surface area contributed by atoms with Gasteiger partial charge in [0.1, 0.15) is 17.7 Å². The number of nitriles is 1. The van der Waals surface area contributed by atoms with Crippen LogP contribution in [0.5, 0.6) is 0 Å². The molecule has 0 aliphatic rings. The van der Waals surface area contributed by atoms with Gasteiger partial charge in [-0.2, -0.15) is 5.26 Å². The maximum atomic E-state index is 13.3. The summed E-state index contributed by atoms with van der Waals surface area (Å²) in [5.74, 6) is -0.229. The van der Waals surface area contributed by atoms with Gasteiger partial charge in [-0.05, 0) is 54.1 Å². The van der Waals surface area contributed by atoms with Crippen LogP contribution in [0.15, 0.2) is 29.4 Å². The highest BCUT2D eigenvalue weighted by molar-refractivity contribution is 7.99. The van der Waals surface area contributed by atoms with Crippen molar-refractivity contribution in [1.82, 2.24) is 24.8 Å². The topological polar surface area (TPSA) is 101 Å². The van der Waals surface area contributed by atoms with Crippen molar-refractivity contribution in [3.8, 4) is 11.8 Å². The molecule has 0 aliphatic carbocycles. The summed E-state index contributed by atoms with van der Waals surface area (Å²) in [5, 5.41) is 23.9. The number of thioether (sulfide) groups is 1. The summed E-state index contributed by atoms with van der Waals surface area (Å²) in [6.45, 7) is 3.65. The minimum atomic E-state index is -0.361. The van der Waals surface area contributed by atoms with Gasteiger partial charge in [-0.3, -0.25) is 9.36 Å². The second-order valence-corrected chi connectivity index (χ2v) is 6.72. The van der Waals surface area contributed by atoms with Crippen LogP contribution >= 0.6 is 11.8 Å². The van der Waals surface area contributed by atoms with Crippen molar-refractivity contribution in [1.29, 1.82) is 5.26 Å². The van der Waals surface area contributed by atoms with E-state index >= 15 is 0 Å². The number of aryl methyl sites for hydroxylation is 1. The molecule has 3 aromatic rings. The number of tetrazole rings is 1. The Balaban J connectivity index is 1.90. The van der Waals surface area contributed by atoms with Gasteiger partial charge in [-0.15, -0.1) is 5.10 Å². The zero-order valence-electron chi connectivity index (χ0n) is 14.9. The van der Waals surface area contributed by atoms with Crippen LogP contribution in [0.3, 0.4) is 0 Å². The van der Waals surface area contributed by atoms with Crippen molar-refractivity contribution in [3.05, 3.63) is 46.9 Å². The summed E-state index contributed by atoms with van der Waals surface area (Å²) in [4.78, 5) is 12.5. The molecular formula is C17H16FN7OS. The number of hydrogen-bond donors (Lipinski definition) is 1. The summed E-state index contributed by atoms with van der Waals surface area (Å²) in [5.41, 5.74) is 2.57. The molecule has 0 spiro atoms. The maximum absolute atomic E-state index is 13.3. The molecule has 3 rings (SSSR count). The van der Waals surface area contributed by atoms with Crippen molar-refractivity contribution in [3.63, 3.8) is 0 Å². The normalized spacial score (nSPS) is 10.6. The van der Waals surface area contributed by atoms with Gasteiger partial charge in [0.15, 0.2) is 0 Å². The Morgan fingerprint density at radius 1 is 1.33 bits per heavy atom. The summed E-state index contributed by atoms with van der Waals surface area (Å²) in [6, 6.07) is 7.99. The number of nitrogens with one attached hydrogen (secondary N) is 1. The number of halogens is 1. The molecule has 0 saturated carbocycles. The number of nitrogens with zero attached hydrogens (tertiary/aromatic N) is 6. The lowest BCUT2D eigenvalue weighted by Gasteiger charge is -2.13. The lowest BCUT2D eigenvalue weighted by molar-refractivity contribution is -0.113. The van der Waals surface area contributed by atoms with Crippen LogP contribution in [0.25, 0.3) is 5.69 Å². The summed E-state index contributed by atoms with van der Waals surface area (Å²) >= 11 is 1.18. The molecule has 10 heteroatoms. The second kappa shape index (κ2) is 7.59. The number of rotatable bonds is 5. The van der Waals surface area contributed by atoms with Crippen LogP contribution in [-0.2, 0) is 11.8 Å². The zero-order chi connectivity index (χ0) is 19.6. The van der Waals surface area contributed by atoms with Gasteiger partial charge >= 0.3 is 0 Å². The monoisotopic (exact) mass is 385 g/mol. The first-order valence-corrected chi connectivity index (χ1v) is 8.94. The zero-order valence-corrected chi connectivity index (χ0v) is 15.7. The van der Waals surface area contributed by atoms with Crippen LogP contribution < -0.4 is 5.32 Å². The van der Waals surface area contributed by atoms with Crippen molar-refractivity contribution in [2.75, 3.05) is 11.1 Å². The summed E-state index contributed by atoms with van der Waals surface area (Å²) < 4.78 is 16.5. The molecule has 27 heavy (non-hydrogen) atoms. The maximum Gasteiger partial charge on any atom is 0.236 e. The molecule has 2 heterocycles. The fourth-order valence-corrected chi connectivity index (χ4v) is 3.27. The van der Waals surface area contributed by atoms with E-state index in [1.807, 2.05) is 13.8 Å². The largest absolute Gasteiger partial charge is 0.310 e. The molecule has 0 aliphatic heterocycles. The number of amides is 1. The predicted octanol–water partition coefficient (Wildman–Crippen LogP) is 2.36. The van der Waals surface area contributed by atoms with Crippen molar-refractivity contribution < 1.29 is 9.18 Å². The first-order valence-electron chi connectivity index (χ1n) is 7.95. The fraction of sp³-hybridized carbons (Fsp3) is 0.235. The van der Waals surface area contributed by atoms with E-state index < -0.39 is 0 Å². The SMILES string of the molecule is Cc1c(C#N)c(NC(=O)CSc2nnnn2C)n(-c2ccc(F)cc2)c1C.